The minimum absolute atomic E-state index is 0.0506. The van der Waals surface area contributed by atoms with Crippen LogP contribution in [0.15, 0.2) is 59.5 Å². The average Bonchev–Trinajstić information content (AvgIpc) is 3.16. The second-order valence-corrected chi connectivity index (χ2v) is 5.92. The van der Waals surface area contributed by atoms with E-state index in [9.17, 15) is 9.18 Å². The Kier molecular flexibility index (Phi) is 5.23. The largest absolute Gasteiger partial charge is 0.464 e. The number of nitrogens with zero attached hydrogens (tertiary/aromatic N) is 1. The van der Waals surface area contributed by atoms with Gasteiger partial charge in [-0.25, -0.2) is 4.39 Å². The van der Waals surface area contributed by atoms with E-state index in [1.165, 1.54) is 6.07 Å². The zero-order chi connectivity index (χ0) is 17.6. The lowest BCUT2D eigenvalue weighted by Gasteiger charge is -2.07. The lowest BCUT2D eigenvalue weighted by molar-refractivity contribution is -0.121. The Labute approximate surface area is 145 Å². The molecule has 0 saturated heterocycles. The van der Waals surface area contributed by atoms with Crippen molar-refractivity contribution in [3.63, 3.8) is 0 Å². The number of aryl methyl sites for hydroxylation is 2. The fraction of sp³-hybridized carbons (Fsp3) is 0.200. The highest BCUT2D eigenvalue weighted by molar-refractivity contribution is 5.76. The van der Waals surface area contributed by atoms with E-state index >= 15 is 0 Å². The van der Waals surface area contributed by atoms with Crippen LogP contribution < -0.4 is 5.32 Å². The van der Waals surface area contributed by atoms with Crippen molar-refractivity contribution in [1.82, 2.24) is 10.3 Å². The molecule has 1 N–H and O–H groups in total. The summed E-state index contributed by atoms with van der Waals surface area (Å²) in [6, 6.07) is 10.6. The summed E-state index contributed by atoms with van der Waals surface area (Å²) in [5.41, 5.74) is 3.33. The van der Waals surface area contributed by atoms with Crippen molar-refractivity contribution in [3.05, 3.63) is 77.6 Å². The van der Waals surface area contributed by atoms with E-state index in [0.29, 0.717) is 24.9 Å². The van der Waals surface area contributed by atoms with Gasteiger partial charge in [0.2, 0.25) is 5.91 Å². The number of hydrogen-bond acceptors (Lipinski definition) is 3. The van der Waals surface area contributed by atoms with Crippen LogP contribution in [0, 0.1) is 12.7 Å². The zero-order valence-corrected chi connectivity index (χ0v) is 14.0. The van der Waals surface area contributed by atoms with Gasteiger partial charge in [0.15, 0.2) is 0 Å². The quantitative estimate of drug-likeness (QED) is 0.738. The van der Waals surface area contributed by atoms with Gasteiger partial charge in [-0.1, -0.05) is 12.1 Å². The molecule has 0 bridgehead atoms. The number of furan rings is 1. The molecule has 0 radical (unpaired) electrons. The summed E-state index contributed by atoms with van der Waals surface area (Å²) < 4.78 is 18.6. The molecule has 0 unspecified atom stereocenters. The van der Waals surface area contributed by atoms with E-state index in [2.05, 4.69) is 10.3 Å². The Hall–Kier alpha value is -2.95. The van der Waals surface area contributed by atoms with E-state index in [-0.39, 0.29) is 11.7 Å². The number of pyridine rings is 1. The van der Waals surface area contributed by atoms with Crippen LogP contribution in [-0.4, -0.2) is 10.9 Å². The zero-order valence-electron chi connectivity index (χ0n) is 14.0. The second-order valence-electron chi connectivity index (χ2n) is 5.92. The third kappa shape index (κ3) is 4.53. The fourth-order valence-corrected chi connectivity index (χ4v) is 2.57. The molecule has 0 spiro atoms. The number of nitrogens with one attached hydrogen (secondary N) is 1. The van der Waals surface area contributed by atoms with E-state index in [1.807, 2.05) is 18.2 Å². The number of hydrogen-bond donors (Lipinski definition) is 1. The topological polar surface area (TPSA) is 55.1 Å². The Morgan fingerprint density at radius 3 is 2.84 bits per heavy atom. The van der Waals surface area contributed by atoms with Crippen molar-refractivity contribution >= 4 is 5.91 Å². The minimum Gasteiger partial charge on any atom is -0.464 e. The van der Waals surface area contributed by atoms with Gasteiger partial charge in [-0.05, 0) is 54.3 Å². The Morgan fingerprint density at radius 2 is 2.08 bits per heavy atom. The van der Waals surface area contributed by atoms with Gasteiger partial charge in [0.05, 0.1) is 6.26 Å². The van der Waals surface area contributed by atoms with Crippen LogP contribution in [-0.2, 0) is 17.8 Å². The van der Waals surface area contributed by atoms with Crippen molar-refractivity contribution in [3.8, 4) is 11.3 Å². The van der Waals surface area contributed by atoms with Crippen LogP contribution >= 0.6 is 0 Å². The molecule has 4 nitrogen and oxygen atoms in total. The van der Waals surface area contributed by atoms with Crippen molar-refractivity contribution in [1.29, 1.82) is 0 Å². The van der Waals surface area contributed by atoms with Crippen molar-refractivity contribution < 1.29 is 13.6 Å². The van der Waals surface area contributed by atoms with Crippen LogP contribution in [0.4, 0.5) is 4.39 Å². The first-order valence-corrected chi connectivity index (χ1v) is 8.11. The molecular weight excluding hydrogens is 319 g/mol. The average molecular weight is 338 g/mol. The van der Waals surface area contributed by atoms with Gasteiger partial charge in [0.25, 0.3) is 0 Å². The van der Waals surface area contributed by atoms with E-state index in [4.69, 9.17) is 4.42 Å². The van der Waals surface area contributed by atoms with E-state index < -0.39 is 0 Å². The van der Waals surface area contributed by atoms with Gasteiger partial charge in [-0.2, -0.15) is 0 Å². The lowest BCUT2D eigenvalue weighted by atomic mass is 10.1. The SMILES string of the molecule is Cc1cc(CCC(=O)NCc2cncc(-c3ccco3)c2)ccc1F. The summed E-state index contributed by atoms with van der Waals surface area (Å²) in [4.78, 5) is 16.2. The standard InChI is InChI=1S/C20H19FN2O2/c1-14-9-15(4-6-18(14)21)5-7-20(24)23-12-16-10-17(13-22-11-16)19-3-2-8-25-19/h2-4,6,8-11,13H,5,7,12H2,1H3,(H,23,24). The highest BCUT2D eigenvalue weighted by Crippen LogP contribution is 2.19. The summed E-state index contributed by atoms with van der Waals surface area (Å²) in [5, 5.41) is 2.88. The van der Waals surface area contributed by atoms with Gasteiger partial charge >= 0.3 is 0 Å². The molecule has 0 aliphatic heterocycles. The Balaban J connectivity index is 1.52. The predicted octanol–water partition coefficient (Wildman–Crippen LogP) is 4.04. The number of aromatic nitrogens is 1. The Morgan fingerprint density at radius 1 is 1.20 bits per heavy atom. The summed E-state index contributed by atoms with van der Waals surface area (Å²) in [7, 11) is 0. The first kappa shape index (κ1) is 16.9. The molecule has 0 fully saturated rings. The lowest BCUT2D eigenvalue weighted by Crippen LogP contribution is -2.23. The van der Waals surface area contributed by atoms with Gasteiger partial charge in [-0.3, -0.25) is 9.78 Å². The highest BCUT2D eigenvalue weighted by atomic mass is 19.1. The normalized spacial score (nSPS) is 10.6. The molecule has 0 saturated carbocycles. The van der Waals surface area contributed by atoms with Crippen LogP contribution in [0.1, 0.15) is 23.1 Å². The molecule has 5 heteroatoms. The number of rotatable bonds is 6. The molecule has 3 rings (SSSR count). The van der Waals surface area contributed by atoms with Crippen molar-refractivity contribution in [2.45, 2.75) is 26.3 Å². The van der Waals surface area contributed by atoms with Crippen LogP contribution in [0.25, 0.3) is 11.3 Å². The molecule has 1 amide bonds. The fourth-order valence-electron chi connectivity index (χ4n) is 2.57. The van der Waals surface area contributed by atoms with Crippen LogP contribution in [0.3, 0.4) is 0 Å². The summed E-state index contributed by atoms with van der Waals surface area (Å²) in [6.07, 6.45) is 5.99. The van der Waals surface area contributed by atoms with E-state index in [0.717, 1.165) is 22.5 Å². The number of amides is 1. The molecule has 25 heavy (non-hydrogen) atoms. The number of carbonyl (C=O) groups excluding carboxylic acids is 1. The summed E-state index contributed by atoms with van der Waals surface area (Å²) >= 11 is 0. The summed E-state index contributed by atoms with van der Waals surface area (Å²) in [6.45, 7) is 2.13. The number of carbonyl (C=O) groups is 1. The van der Waals surface area contributed by atoms with Gasteiger partial charge in [0.1, 0.15) is 11.6 Å². The maximum atomic E-state index is 13.2. The molecule has 2 heterocycles. The smallest absolute Gasteiger partial charge is 0.220 e. The van der Waals surface area contributed by atoms with Crippen LogP contribution in [0.2, 0.25) is 0 Å². The molecule has 0 atom stereocenters. The van der Waals surface area contributed by atoms with Gasteiger partial charge < -0.3 is 9.73 Å². The van der Waals surface area contributed by atoms with Gasteiger partial charge in [0, 0.05) is 30.9 Å². The number of benzene rings is 1. The molecule has 3 aromatic rings. The minimum atomic E-state index is -0.225. The highest BCUT2D eigenvalue weighted by Gasteiger charge is 2.06. The number of halogens is 1. The molecule has 2 aromatic heterocycles. The molecule has 1 aromatic carbocycles. The third-order valence-corrected chi connectivity index (χ3v) is 3.95. The predicted molar refractivity (Wildman–Crippen MR) is 93.2 cm³/mol. The molecule has 0 aliphatic carbocycles. The van der Waals surface area contributed by atoms with Crippen LogP contribution in [0.5, 0.6) is 0 Å². The molecule has 128 valence electrons. The van der Waals surface area contributed by atoms with Gasteiger partial charge in [-0.15, -0.1) is 0 Å². The summed E-state index contributed by atoms with van der Waals surface area (Å²) in [5.74, 6) is 0.467. The maximum Gasteiger partial charge on any atom is 0.220 e. The second kappa shape index (κ2) is 7.75. The first-order chi connectivity index (χ1) is 12.1. The van der Waals surface area contributed by atoms with E-state index in [1.54, 1.807) is 37.7 Å². The first-order valence-electron chi connectivity index (χ1n) is 8.11. The Bertz CT molecular complexity index is 860. The molecular formula is C20H19FN2O2. The molecule has 0 aliphatic rings. The van der Waals surface area contributed by atoms with Crippen molar-refractivity contribution in [2.24, 2.45) is 0 Å². The van der Waals surface area contributed by atoms with Crippen molar-refractivity contribution in [2.75, 3.05) is 0 Å². The monoisotopic (exact) mass is 338 g/mol. The maximum absolute atomic E-state index is 13.2. The third-order valence-electron chi connectivity index (χ3n) is 3.95.